The lowest BCUT2D eigenvalue weighted by molar-refractivity contribution is -0.139. The lowest BCUT2D eigenvalue weighted by Crippen LogP contribution is -2.56. The zero-order valence-corrected chi connectivity index (χ0v) is 21.8. The van der Waals surface area contributed by atoms with E-state index in [1.807, 2.05) is 6.92 Å². The molecular weight excluding hydrogens is 499 g/mol. The lowest BCUT2D eigenvalue weighted by Gasteiger charge is -2.42. The second kappa shape index (κ2) is 11.3. The fraction of sp³-hybridized carbons (Fsp3) is 0.370. The predicted octanol–water partition coefficient (Wildman–Crippen LogP) is 3.84. The lowest BCUT2D eigenvalue weighted by atomic mass is 9.94. The van der Waals surface area contributed by atoms with Crippen molar-refractivity contribution in [1.29, 1.82) is 0 Å². The molecule has 2 aliphatic heterocycles. The molecule has 0 spiro atoms. The molecule has 3 amide bonds. The van der Waals surface area contributed by atoms with E-state index in [1.54, 1.807) is 55.3 Å². The molecule has 0 unspecified atom stereocenters. The number of urea groups is 1. The van der Waals surface area contributed by atoms with Gasteiger partial charge in [-0.1, -0.05) is 41.9 Å². The molecule has 2 atom stereocenters. The van der Waals surface area contributed by atoms with Gasteiger partial charge in [-0.15, -0.1) is 0 Å². The number of likely N-dealkylation sites (N-methyl/N-ethyl adjacent to an activating group) is 1. The number of nitrogens with one attached hydrogen (secondary N) is 1. The summed E-state index contributed by atoms with van der Waals surface area (Å²) in [5.41, 5.74) is 1.46. The minimum atomic E-state index is -0.771. The van der Waals surface area contributed by atoms with Gasteiger partial charge in [0.15, 0.2) is 0 Å². The van der Waals surface area contributed by atoms with Crippen LogP contribution in [0.2, 0.25) is 5.02 Å². The van der Waals surface area contributed by atoms with Crippen LogP contribution in [0.5, 0.6) is 0 Å². The molecule has 0 bridgehead atoms. The van der Waals surface area contributed by atoms with Gasteiger partial charge in [0.25, 0.3) is 5.91 Å². The van der Waals surface area contributed by atoms with Crippen LogP contribution in [-0.2, 0) is 9.53 Å². The molecule has 2 aliphatic rings. The maximum absolute atomic E-state index is 14.2. The third kappa shape index (κ3) is 5.47. The van der Waals surface area contributed by atoms with Gasteiger partial charge in [-0.3, -0.25) is 14.6 Å². The Hall–Kier alpha value is -3.43. The van der Waals surface area contributed by atoms with E-state index < -0.39 is 17.8 Å². The maximum atomic E-state index is 14.2. The highest BCUT2D eigenvalue weighted by Crippen LogP contribution is 2.35. The molecule has 196 valence electrons. The van der Waals surface area contributed by atoms with Gasteiger partial charge in [0.1, 0.15) is 5.82 Å². The van der Waals surface area contributed by atoms with E-state index in [4.69, 9.17) is 16.3 Å². The molecule has 37 heavy (non-hydrogen) atoms. The minimum absolute atomic E-state index is 0.0429. The Kier molecular flexibility index (Phi) is 8.14. The number of benzene rings is 2. The third-order valence-corrected chi connectivity index (χ3v) is 7.08. The molecule has 0 aliphatic carbocycles. The minimum Gasteiger partial charge on any atom is -0.463 e. The number of rotatable bonds is 6. The molecule has 0 aromatic heterocycles. The van der Waals surface area contributed by atoms with Gasteiger partial charge in [-0.2, -0.15) is 0 Å². The Balaban J connectivity index is 1.62. The highest BCUT2D eigenvalue weighted by Gasteiger charge is 2.39. The molecule has 0 radical (unpaired) electrons. The van der Waals surface area contributed by atoms with Crippen molar-refractivity contribution in [3.63, 3.8) is 0 Å². The summed E-state index contributed by atoms with van der Waals surface area (Å²) in [6.45, 7) is 5.42. The SMILES string of the molecule is CCOC(=O)C1=C(CN2CCN(C(=O)c3ccccc3F)[C@H](C)C2)N(C)C(=O)N[C@H]1c1ccccc1Cl. The molecular formula is C27H30ClFN4O4. The zero-order chi connectivity index (χ0) is 26.7. The number of esters is 1. The van der Waals surface area contributed by atoms with Crippen LogP contribution in [0.3, 0.4) is 0 Å². The predicted molar refractivity (Wildman–Crippen MR) is 137 cm³/mol. The zero-order valence-electron chi connectivity index (χ0n) is 21.0. The van der Waals surface area contributed by atoms with Crippen LogP contribution in [0, 0.1) is 5.82 Å². The molecule has 2 aromatic rings. The molecule has 1 N–H and O–H groups in total. The van der Waals surface area contributed by atoms with Gasteiger partial charge in [-0.25, -0.2) is 14.0 Å². The van der Waals surface area contributed by atoms with E-state index in [9.17, 15) is 18.8 Å². The second-order valence-corrected chi connectivity index (χ2v) is 9.51. The molecule has 4 rings (SSSR count). The van der Waals surface area contributed by atoms with Crippen molar-refractivity contribution in [2.45, 2.75) is 25.9 Å². The maximum Gasteiger partial charge on any atom is 0.338 e. The first-order chi connectivity index (χ1) is 17.7. The van der Waals surface area contributed by atoms with E-state index >= 15 is 0 Å². The van der Waals surface area contributed by atoms with E-state index in [-0.39, 0.29) is 36.7 Å². The normalized spacial score (nSPS) is 20.6. The first-order valence-corrected chi connectivity index (χ1v) is 12.6. The number of hydrogen-bond donors (Lipinski definition) is 1. The number of ether oxygens (including phenoxy) is 1. The van der Waals surface area contributed by atoms with E-state index in [0.717, 1.165) is 0 Å². The Morgan fingerprint density at radius 1 is 1.14 bits per heavy atom. The quantitative estimate of drug-likeness (QED) is 0.576. The summed E-state index contributed by atoms with van der Waals surface area (Å²) < 4.78 is 19.6. The number of carbonyl (C=O) groups is 3. The van der Waals surface area contributed by atoms with Gasteiger partial charge in [0, 0.05) is 50.0 Å². The molecule has 0 saturated carbocycles. The number of piperazine rings is 1. The van der Waals surface area contributed by atoms with Crippen molar-refractivity contribution in [3.8, 4) is 0 Å². The van der Waals surface area contributed by atoms with Crippen LogP contribution in [0.4, 0.5) is 9.18 Å². The summed E-state index contributed by atoms with van der Waals surface area (Å²) in [7, 11) is 1.61. The Labute approximate surface area is 220 Å². The Morgan fingerprint density at radius 2 is 1.84 bits per heavy atom. The molecule has 8 nitrogen and oxygen atoms in total. The number of halogens is 2. The van der Waals surface area contributed by atoms with Crippen LogP contribution in [0.1, 0.15) is 35.8 Å². The fourth-order valence-electron chi connectivity index (χ4n) is 4.82. The van der Waals surface area contributed by atoms with Crippen LogP contribution in [-0.4, -0.2) is 78.5 Å². The van der Waals surface area contributed by atoms with E-state index in [2.05, 4.69) is 10.2 Å². The smallest absolute Gasteiger partial charge is 0.338 e. The summed E-state index contributed by atoms with van der Waals surface area (Å²) in [5, 5.41) is 3.29. The van der Waals surface area contributed by atoms with Crippen molar-refractivity contribution in [2.75, 3.05) is 39.8 Å². The van der Waals surface area contributed by atoms with Crippen molar-refractivity contribution < 1.29 is 23.5 Å². The van der Waals surface area contributed by atoms with Gasteiger partial charge >= 0.3 is 12.0 Å². The fourth-order valence-corrected chi connectivity index (χ4v) is 5.06. The van der Waals surface area contributed by atoms with Gasteiger partial charge < -0.3 is 15.0 Å². The van der Waals surface area contributed by atoms with E-state index in [1.165, 1.54) is 17.0 Å². The van der Waals surface area contributed by atoms with Crippen molar-refractivity contribution >= 4 is 29.5 Å². The molecule has 2 aromatic carbocycles. The molecule has 1 saturated heterocycles. The van der Waals surface area contributed by atoms with Crippen LogP contribution >= 0.6 is 11.6 Å². The first-order valence-electron chi connectivity index (χ1n) is 12.2. The van der Waals surface area contributed by atoms with Gasteiger partial charge in [0.05, 0.1) is 23.8 Å². The number of hydrogen-bond acceptors (Lipinski definition) is 5. The first kappa shape index (κ1) is 26.6. The summed E-state index contributed by atoms with van der Waals surface area (Å²) >= 11 is 6.44. The van der Waals surface area contributed by atoms with Crippen LogP contribution in [0.25, 0.3) is 0 Å². The summed E-state index contributed by atoms with van der Waals surface area (Å²) in [4.78, 5) is 44.3. The highest BCUT2D eigenvalue weighted by molar-refractivity contribution is 6.31. The summed E-state index contributed by atoms with van der Waals surface area (Å²) in [5.74, 6) is -1.44. The van der Waals surface area contributed by atoms with Crippen molar-refractivity contribution in [2.24, 2.45) is 0 Å². The number of carbonyl (C=O) groups excluding carboxylic acids is 3. The topological polar surface area (TPSA) is 82.2 Å². The molecule has 1 fully saturated rings. The molecule has 10 heteroatoms. The van der Waals surface area contributed by atoms with Crippen molar-refractivity contribution in [1.82, 2.24) is 20.0 Å². The van der Waals surface area contributed by atoms with Gasteiger partial charge in [-0.05, 0) is 37.6 Å². The summed E-state index contributed by atoms with van der Waals surface area (Å²) in [6, 6.07) is 11.6. The standard InChI is InChI=1S/C27H30ClFN4O4/c1-4-37-26(35)23-22(31(3)27(36)30-24(23)18-9-5-7-11-20(18)28)16-32-13-14-33(17(2)15-32)25(34)19-10-6-8-12-21(19)29/h5-12,17,24H,4,13-16H2,1-3H3,(H,30,36)/t17-,24+/m1/s1. The van der Waals surface area contributed by atoms with Crippen LogP contribution < -0.4 is 5.32 Å². The second-order valence-electron chi connectivity index (χ2n) is 9.11. The average molecular weight is 529 g/mol. The van der Waals surface area contributed by atoms with Gasteiger partial charge in [0.2, 0.25) is 0 Å². The third-order valence-electron chi connectivity index (χ3n) is 6.74. The Bertz CT molecular complexity index is 1240. The number of nitrogens with zero attached hydrogens (tertiary/aromatic N) is 3. The number of amides is 3. The van der Waals surface area contributed by atoms with E-state index in [0.29, 0.717) is 41.5 Å². The molecule has 2 heterocycles. The highest BCUT2D eigenvalue weighted by atomic mass is 35.5. The monoisotopic (exact) mass is 528 g/mol. The average Bonchev–Trinajstić information content (AvgIpc) is 2.87. The summed E-state index contributed by atoms with van der Waals surface area (Å²) in [6.07, 6.45) is 0. The van der Waals surface area contributed by atoms with Crippen LogP contribution in [0.15, 0.2) is 59.8 Å². The van der Waals surface area contributed by atoms with Crippen molar-refractivity contribution in [3.05, 3.63) is 81.8 Å². The Morgan fingerprint density at radius 3 is 2.51 bits per heavy atom. The largest absolute Gasteiger partial charge is 0.463 e.